The van der Waals surface area contributed by atoms with Crippen LogP contribution in [0.4, 0.5) is 11.4 Å². The van der Waals surface area contributed by atoms with Gasteiger partial charge in [-0.1, -0.05) is 38.1 Å². The molecule has 1 heterocycles. The van der Waals surface area contributed by atoms with Gasteiger partial charge in [-0.05, 0) is 42.2 Å². The molecule has 0 saturated carbocycles. The summed E-state index contributed by atoms with van der Waals surface area (Å²) in [6.45, 7) is 4.62. The van der Waals surface area contributed by atoms with E-state index in [9.17, 15) is 14.4 Å². The molecule has 3 rings (SSSR count). The Morgan fingerprint density at radius 2 is 1.93 bits per heavy atom. The maximum atomic E-state index is 12.8. The number of rotatable bonds is 6. The molecule has 29 heavy (non-hydrogen) atoms. The molecule has 3 amide bonds. The smallest absolute Gasteiger partial charge is 0.251 e. The molecule has 2 aromatic rings. The van der Waals surface area contributed by atoms with E-state index in [1.54, 1.807) is 36.2 Å². The van der Waals surface area contributed by atoms with Gasteiger partial charge in [0, 0.05) is 37.0 Å². The van der Waals surface area contributed by atoms with Crippen molar-refractivity contribution < 1.29 is 14.4 Å². The minimum absolute atomic E-state index is 0.0417. The Hall–Kier alpha value is -3.15. The molecule has 6 nitrogen and oxygen atoms in total. The van der Waals surface area contributed by atoms with Crippen LogP contribution in [-0.2, 0) is 9.59 Å². The van der Waals surface area contributed by atoms with Crippen LogP contribution >= 0.6 is 0 Å². The molecule has 1 fully saturated rings. The van der Waals surface area contributed by atoms with Crippen molar-refractivity contribution in [3.63, 3.8) is 0 Å². The summed E-state index contributed by atoms with van der Waals surface area (Å²) in [4.78, 5) is 39.0. The zero-order valence-corrected chi connectivity index (χ0v) is 17.1. The number of hydrogen-bond donors (Lipinski definition) is 2. The maximum Gasteiger partial charge on any atom is 0.251 e. The largest absolute Gasteiger partial charge is 0.355 e. The van der Waals surface area contributed by atoms with Crippen molar-refractivity contribution in [2.75, 3.05) is 23.8 Å². The summed E-state index contributed by atoms with van der Waals surface area (Å²) in [5.74, 6) is -0.573. The van der Waals surface area contributed by atoms with Crippen LogP contribution in [-0.4, -0.2) is 31.3 Å². The second kappa shape index (κ2) is 8.90. The first-order chi connectivity index (χ1) is 13.9. The van der Waals surface area contributed by atoms with Crippen LogP contribution in [0.5, 0.6) is 0 Å². The van der Waals surface area contributed by atoms with E-state index < -0.39 is 5.92 Å². The highest BCUT2D eigenvalue weighted by atomic mass is 16.2. The zero-order valence-electron chi connectivity index (χ0n) is 17.1. The SMILES string of the molecule is CC[C@H](C)c1ccccc1N1C[C@H](C(=O)Nc2cccc(C(=O)NC)c2)CC1=O. The van der Waals surface area contributed by atoms with Gasteiger partial charge in [0.2, 0.25) is 11.8 Å². The van der Waals surface area contributed by atoms with E-state index in [0.717, 1.165) is 17.7 Å². The predicted octanol–water partition coefficient (Wildman–Crippen LogP) is 3.55. The van der Waals surface area contributed by atoms with Gasteiger partial charge in [0.25, 0.3) is 5.91 Å². The quantitative estimate of drug-likeness (QED) is 0.788. The van der Waals surface area contributed by atoms with Gasteiger partial charge in [-0.25, -0.2) is 0 Å². The summed E-state index contributed by atoms with van der Waals surface area (Å²) in [7, 11) is 1.56. The summed E-state index contributed by atoms with van der Waals surface area (Å²) in [5.41, 5.74) is 3.03. The van der Waals surface area contributed by atoms with E-state index in [1.807, 2.05) is 18.2 Å². The summed E-state index contributed by atoms with van der Waals surface area (Å²) in [6, 6.07) is 14.7. The number of amides is 3. The highest BCUT2D eigenvalue weighted by Crippen LogP contribution is 2.33. The zero-order chi connectivity index (χ0) is 21.0. The number of hydrogen-bond acceptors (Lipinski definition) is 3. The van der Waals surface area contributed by atoms with Crippen molar-refractivity contribution in [2.24, 2.45) is 5.92 Å². The van der Waals surface area contributed by atoms with Gasteiger partial charge in [0.05, 0.1) is 5.92 Å². The monoisotopic (exact) mass is 393 g/mol. The topological polar surface area (TPSA) is 78.5 Å². The van der Waals surface area contributed by atoms with Gasteiger partial charge in [-0.2, -0.15) is 0 Å². The van der Waals surface area contributed by atoms with Crippen LogP contribution in [0.25, 0.3) is 0 Å². The molecule has 152 valence electrons. The normalized spacial score (nSPS) is 17.1. The van der Waals surface area contributed by atoms with Crippen molar-refractivity contribution in [1.82, 2.24) is 5.32 Å². The molecule has 1 saturated heterocycles. The molecule has 2 atom stereocenters. The number of anilines is 2. The fourth-order valence-corrected chi connectivity index (χ4v) is 3.61. The van der Waals surface area contributed by atoms with Crippen LogP contribution in [0.1, 0.15) is 48.5 Å². The summed E-state index contributed by atoms with van der Waals surface area (Å²) >= 11 is 0. The first-order valence-electron chi connectivity index (χ1n) is 9.96. The molecule has 1 aliphatic rings. The van der Waals surface area contributed by atoms with Gasteiger partial charge in [0.15, 0.2) is 0 Å². The minimum atomic E-state index is -0.434. The number of para-hydroxylation sites is 1. The second-order valence-corrected chi connectivity index (χ2v) is 7.42. The van der Waals surface area contributed by atoms with Crippen LogP contribution in [0.2, 0.25) is 0 Å². The lowest BCUT2D eigenvalue weighted by Gasteiger charge is -2.23. The molecule has 6 heteroatoms. The van der Waals surface area contributed by atoms with Crippen molar-refractivity contribution in [3.05, 3.63) is 59.7 Å². The van der Waals surface area contributed by atoms with Crippen molar-refractivity contribution in [1.29, 1.82) is 0 Å². The molecule has 2 aromatic carbocycles. The summed E-state index contributed by atoms with van der Waals surface area (Å²) in [6.07, 6.45) is 1.15. The average molecular weight is 393 g/mol. The Morgan fingerprint density at radius 3 is 2.66 bits per heavy atom. The van der Waals surface area contributed by atoms with Gasteiger partial charge in [0.1, 0.15) is 0 Å². The lowest BCUT2D eigenvalue weighted by Crippen LogP contribution is -2.29. The molecular weight excluding hydrogens is 366 g/mol. The van der Waals surface area contributed by atoms with E-state index in [-0.39, 0.29) is 24.1 Å². The van der Waals surface area contributed by atoms with Crippen molar-refractivity contribution >= 4 is 29.1 Å². The number of nitrogens with zero attached hydrogens (tertiary/aromatic N) is 1. The Bertz CT molecular complexity index is 925. The molecular formula is C23H27N3O3. The number of carbonyl (C=O) groups is 3. The molecule has 0 radical (unpaired) electrons. The highest BCUT2D eigenvalue weighted by molar-refractivity contribution is 6.04. The maximum absolute atomic E-state index is 12.8. The Kier molecular flexibility index (Phi) is 6.32. The van der Waals surface area contributed by atoms with E-state index >= 15 is 0 Å². The number of benzene rings is 2. The van der Waals surface area contributed by atoms with Gasteiger partial charge >= 0.3 is 0 Å². The van der Waals surface area contributed by atoms with Crippen molar-refractivity contribution in [2.45, 2.75) is 32.6 Å². The van der Waals surface area contributed by atoms with Gasteiger partial charge < -0.3 is 15.5 Å². The van der Waals surface area contributed by atoms with Crippen LogP contribution in [0.3, 0.4) is 0 Å². The fourth-order valence-electron chi connectivity index (χ4n) is 3.61. The third-order valence-electron chi connectivity index (χ3n) is 5.49. The molecule has 0 unspecified atom stereocenters. The Balaban J connectivity index is 1.74. The third-order valence-corrected chi connectivity index (χ3v) is 5.49. The standard InChI is InChI=1S/C23H27N3O3/c1-4-15(2)19-10-5-6-11-20(19)26-14-17(13-21(26)27)23(29)25-18-9-7-8-16(12-18)22(28)24-3/h5-12,15,17H,4,13-14H2,1-3H3,(H,24,28)(H,25,29)/t15-,17+/m0/s1. The van der Waals surface area contributed by atoms with Gasteiger partial charge in [-0.3, -0.25) is 14.4 Å². The van der Waals surface area contributed by atoms with Crippen LogP contribution in [0, 0.1) is 5.92 Å². The lowest BCUT2D eigenvalue weighted by molar-refractivity contribution is -0.122. The molecule has 2 N–H and O–H groups in total. The molecule has 1 aliphatic heterocycles. The van der Waals surface area contributed by atoms with E-state index in [2.05, 4.69) is 30.5 Å². The second-order valence-electron chi connectivity index (χ2n) is 7.42. The molecule has 0 aliphatic carbocycles. The Morgan fingerprint density at radius 1 is 1.17 bits per heavy atom. The van der Waals surface area contributed by atoms with E-state index in [4.69, 9.17) is 0 Å². The van der Waals surface area contributed by atoms with E-state index in [0.29, 0.717) is 23.7 Å². The first-order valence-corrected chi connectivity index (χ1v) is 9.96. The first kappa shape index (κ1) is 20.6. The van der Waals surface area contributed by atoms with Crippen LogP contribution in [0.15, 0.2) is 48.5 Å². The number of nitrogens with one attached hydrogen (secondary N) is 2. The lowest BCUT2D eigenvalue weighted by atomic mass is 9.96. The van der Waals surface area contributed by atoms with E-state index in [1.165, 1.54) is 0 Å². The van der Waals surface area contributed by atoms with Crippen molar-refractivity contribution in [3.8, 4) is 0 Å². The molecule has 0 aromatic heterocycles. The molecule has 0 spiro atoms. The Labute approximate surface area is 171 Å². The molecule has 0 bridgehead atoms. The fraction of sp³-hybridized carbons (Fsp3) is 0.348. The van der Waals surface area contributed by atoms with Gasteiger partial charge in [-0.15, -0.1) is 0 Å². The third kappa shape index (κ3) is 4.47. The summed E-state index contributed by atoms with van der Waals surface area (Å²) < 4.78 is 0. The van der Waals surface area contributed by atoms with Crippen LogP contribution < -0.4 is 15.5 Å². The highest BCUT2D eigenvalue weighted by Gasteiger charge is 2.36. The summed E-state index contributed by atoms with van der Waals surface area (Å²) in [5, 5.41) is 5.41. The predicted molar refractivity (Wildman–Crippen MR) is 114 cm³/mol. The average Bonchev–Trinajstić information content (AvgIpc) is 3.14. The minimum Gasteiger partial charge on any atom is -0.355 e. The number of carbonyl (C=O) groups excluding carboxylic acids is 3.